The topological polar surface area (TPSA) is 39.4 Å². The fourth-order valence-electron chi connectivity index (χ4n) is 2.07. The highest BCUT2D eigenvalue weighted by Crippen LogP contribution is 2.29. The Morgan fingerprint density at radius 3 is 2.65 bits per heavy atom. The zero-order valence-electron chi connectivity index (χ0n) is 11.1. The fraction of sp³-hybridized carbons (Fsp3) is 0.118. The molecule has 2 aromatic carbocycles. The van der Waals surface area contributed by atoms with E-state index in [1.54, 1.807) is 6.07 Å². The Morgan fingerprint density at radius 1 is 1.10 bits per heavy atom. The van der Waals surface area contributed by atoms with Crippen LogP contribution < -0.4 is 4.74 Å². The van der Waals surface area contributed by atoms with Crippen LogP contribution in [0.2, 0.25) is 0 Å². The molecule has 0 saturated heterocycles. The van der Waals surface area contributed by atoms with Crippen molar-refractivity contribution in [2.75, 3.05) is 0 Å². The van der Waals surface area contributed by atoms with Crippen LogP contribution in [0.1, 0.15) is 23.0 Å². The molecular weight excluding hydrogens is 252 g/mol. The van der Waals surface area contributed by atoms with Crippen LogP contribution in [-0.2, 0) is 6.61 Å². The van der Waals surface area contributed by atoms with E-state index in [4.69, 9.17) is 9.15 Å². The van der Waals surface area contributed by atoms with Gasteiger partial charge in [0, 0.05) is 6.92 Å². The molecule has 0 aliphatic rings. The van der Waals surface area contributed by atoms with E-state index in [9.17, 15) is 4.79 Å². The molecule has 0 bridgehead atoms. The molecule has 0 amide bonds. The SMILES string of the molecule is CC(=O)c1cc2c(OCc3ccccc3)cccc2o1. The Hall–Kier alpha value is -2.55. The van der Waals surface area contributed by atoms with E-state index in [-0.39, 0.29) is 5.78 Å². The van der Waals surface area contributed by atoms with E-state index in [0.29, 0.717) is 18.0 Å². The normalized spacial score (nSPS) is 10.7. The van der Waals surface area contributed by atoms with Crippen LogP contribution in [0.3, 0.4) is 0 Å². The van der Waals surface area contributed by atoms with E-state index >= 15 is 0 Å². The highest BCUT2D eigenvalue weighted by atomic mass is 16.5. The maximum atomic E-state index is 11.4. The molecule has 1 heterocycles. The standard InChI is InChI=1S/C17H14O3/c1-12(18)17-10-14-15(8-5-9-16(14)20-17)19-11-13-6-3-2-4-7-13/h2-10H,11H2,1H3. The van der Waals surface area contributed by atoms with Gasteiger partial charge in [-0.05, 0) is 23.8 Å². The third-order valence-electron chi connectivity index (χ3n) is 3.11. The molecule has 0 fully saturated rings. The smallest absolute Gasteiger partial charge is 0.194 e. The molecule has 0 spiro atoms. The molecular formula is C17H14O3. The number of benzene rings is 2. The van der Waals surface area contributed by atoms with E-state index in [1.165, 1.54) is 6.92 Å². The molecule has 0 saturated carbocycles. The van der Waals surface area contributed by atoms with Crippen molar-refractivity contribution >= 4 is 16.8 Å². The minimum atomic E-state index is -0.0878. The first-order valence-electron chi connectivity index (χ1n) is 6.44. The van der Waals surface area contributed by atoms with E-state index in [0.717, 1.165) is 16.7 Å². The molecule has 3 heteroatoms. The van der Waals surface area contributed by atoms with E-state index < -0.39 is 0 Å². The Morgan fingerprint density at radius 2 is 1.90 bits per heavy atom. The summed E-state index contributed by atoms with van der Waals surface area (Å²) in [7, 11) is 0. The van der Waals surface area contributed by atoms with Crippen molar-refractivity contribution in [1.29, 1.82) is 0 Å². The first-order chi connectivity index (χ1) is 9.74. The Kier molecular flexibility index (Phi) is 3.25. The maximum absolute atomic E-state index is 11.4. The van der Waals surface area contributed by atoms with Crippen LogP contribution in [0.4, 0.5) is 0 Å². The van der Waals surface area contributed by atoms with Gasteiger partial charge in [0.15, 0.2) is 11.5 Å². The number of fused-ring (bicyclic) bond motifs is 1. The Bertz CT molecular complexity index is 741. The van der Waals surface area contributed by atoms with Gasteiger partial charge in [-0.15, -0.1) is 0 Å². The molecule has 0 atom stereocenters. The van der Waals surface area contributed by atoms with Crippen molar-refractivity contribution in [3.05, 3.63) is 65.9 Å². The van der Waals surface area contributed by atoms with E-state index in [2.05, 4.69) is 0 Å². The molecule has 0 N–H and O–H groups in total. The van der Waals surface area contributed by atoms with Gasteiger partial charge in [-0.2, -0.15) is 0 Å². The Balaban J connectivity index is 1.89. The minimum Gasteiger partial charge on any atom is -0.488 e. The first-order valence-corrected chi connectivity index (χ1v) is 6.44. The summed E-state index contributed by atoms with van der Waals surface area (Å²) in [4.78, 5) is 11.4. The van der Waals surface area contributed by atoms with Gasteiger partial charge in [-0.1, -0.05) is 36.4 Å². The van der Waals surface area contributed by atoms with Gasteiger partial charge in [0.1, 0.15) is 17.9 Å². The highest BCUT2D eigenvalue weighted by molar-refractivity contribution is 5.97. The summed E-state index contributed by atoms with van der Waals surface area (Å²) < 4.78 is 11.3. The highest BCUT2D eigenvalue weighted by Gasteiger charge is 2.11. The zero-order valence-corrected chi connectivity index (χ0v) is 11.1. The number of hydrogen-bond acceptors (Lipinski definition) is 3. The molecule has 3 aromatic rings. The quantitative estimate of drug-likeness (QED) is 0.664. The van der Waals surface area contributed by atoms with Crippen molar-refractivity contribution in [3.8, 4) is 5.75 Å². The number of carbonyl (C=O) groups excluding carboxylic acids is 1. The molecule has 20 heavy (non-hydrogen) atoms. The van der Waals surface area contributed by atoms with Crippen LogP contribution in [-0.4, -0.2) is 5.78 Å². The van der Waals surface area contributed by atoms with Gasteiger partial charge in [0.05, 0.1) is 5.39 Å². The summed E-state index contributed by atoms with van der Waals surface area (Å²) in [5, 5.41) is 0.827. The molecule has 3 rings (SSSR count). The minimum absolute atomic E-state index is 0.0878. The molecule has 3 nitrogen and oxygen atoms in total. The molecule has 0 aliphatic carbocycles. The van der Waals surface area contributed by atoms with Crippen LogP contribution in [0.15, 0.2) is 59.0 Å². The molecule has 0 unspecified atom stereocenters. The summed E-state index contributed by atoms with van der Waals surface area (Å²) in [6.45, 7) is 1.97. The fourth-order valence-corrected chi connectivity index (χ4v) is 2.07. The van der Waals surface area contributed by atoms with E-state index in [1.807, 2.05) is 48.5 Å². The van der Waals surface area contributed by atoms with Crippen LogP contribution in [0, 0.1) is 0 Å². The van der Waals surface area contributed by atoms with Crippen molar-refractivity contribution < 1.29 is 13.9 Å². The van der Waals surface area contributed by atoms with Gasteiger partial charge in [-0.3, -0.25) is 4.79 Å². The average Bonchev–Trinajstić information content (AvgIpc) is 2.91. The zero-order chi connectivity index (χ0) is 13.9. The van der Waals surface area contributed by atoms with Gasteiger partial charge in [0.2, 0.25) is 0 Å². The predicted molar refractivity (Wildman–Crippen MR) is 77.0 cm³/mol. The summed E-state index contributed by atoms with van der Waals surface area (Å²) >= 11 is 0. The summed E-state index contributed by atoms with van der Waals surface area (Å²) in [5.74, 6) is 0.994. The lowest BCUT2D eigenvalue weighted by Gasteiger charge is -2.06. The van der Waals surface area contributed by atoms with Crippen molar-refractivity contribution in [1.82, 2.24) is 0 Å². The van der Waals surface area contributed by atoms with Gasteiger partial charge < -0.3 is 9.15 Å². The molecule has 100 valence electrons. The first kappa shape index (κ1) is 12.5. The van der Waals surface area contributed by atoms with Crippen molar-refractivity contribution in [3.63, 3.8) is 0 Å². The van der Waals surface area contributed by atoms with Gasteiger partial charge >= 0.3 is 0 Å². The molecule has 0 aliphatic heterocycles. The lowest BCUT2D eigenvalue weighted by Crippen LogP contribution is -1.95. The second-order valence-corrected chi connectivity index (χ2v) is 4.61. The van der Waals surface area contributed by atoms with Crippen molar-refractivity contribution in [2.45, 2.75) is 13.5 Å². The molecule has 1 aromatic heterocycles. The monoisotopic (exact) mass is 266 g/mol. The summed E-state index contributed by atoms with van der Waals surface area (Å²) in [6, 6.07) is 17.2. The van der Waals surface area contributed by atoms with Crippen LogP contribution in [0.5, 0.6) is 5.75 Å². The summed E-state index contributed by atoms with van der Waals surface area (Å²) in [5.41, 5.74) is 1.76. The van der Waals surface area contributed by atoms with Gasteiger partial charge in [0.25, 0.3) is 0 Å². The van der Waals surface area contributed by atoms with Gasteiger partial charge in [-0.25, -0.2) is 0 Å². The Labute approximate surface area is 116 Å². The number of rotatable bonds is 4. The third kappa shape index (κ3) is 2.43. The second kappa shape index (κ2) is 5.21. The average molecular weight is 266 g/mol. The largest absolute Gasteiger partial charge is 0.488 e. The summed E-state index contributed by atoms with van der Waals surface area (Å²) in [6.07, 6.45) is 0. The number of Topliss-reactive ketones (excluding diaryl/α,β-unsaturated/α-hetero) is 1. The number of ketones is 1. The second-order valence-electron chi connectivity index (χ2n) is 4.61. The van der Waals surface area contributed by atoms with Crippen LogP contribution >= 0.6 is 0 Å². The third-order valence-corrected chi connectivity index (χ3v) is 3.11. The number of carbonyl (C=O) groups is 1. The predicted octanol–water partition coefficient (Wildman–Crippen LogP) is 4.21. The maximum Gasteiger partial charge on any atom is 0.194 e. The lowest BCUT2D eigenvalue weighted by atomic mass is 10.2. The number of hydrogen-bond donors (Lipinski definition) is 0. The number of ether oxygens (including phenoxy) is 1. The van der Waals surface area contributed by atoms with Crippen molar-refractivity contribution in [2.24, 2.45) is 0 Å². The number of furan rings is 1. The van der Waals surface area contributed by atoms with Crippen LogP contribution in [0.25, 0.3) is 11.0 Å². The lowest BCUT2D eigenvalue weighted by molar-refractivity contribution is 0.0989. The molecule has 0 radical (unpaired) electrons.